The summed E-state index contributed by atoms with van der Waals surface area (Å²) in [6.07, 6.45) is 1.14. The van der Waals surface area contributed by atoms with E-state index in [4.69, 9.17) is 9.84 Å². The fourth-order valence-corrected chi connectivity index (χ4v) is 2.46. The average molecular weight is 264 g/mol. The molecule has 1 unspecified atom stereocenters. The van der Waals surface area contributed by atoms with Gasteiger partial charge in [-0.05, 0) is 25.1 Å². The maximum atomic E-state index is 10.9. The Balaban J connectivity index is 2.15. The average Bonchev–Trinajstić information content (AvgIpc) is 2.63. The maximum Gasteiger partial charge on any atom is 0.304 e. The lowest BCUT2D eigenvalue weighted by molar-refractivity contribution is -0.137. The van der Waals surface area contributed by atoms with Gasteiger partial charge in [-0.15, -0.1) is 0 Å². The van der Waals surface area contributed by atoms with Gasteiger partial charge in [-0.2, -0.15) is 0 Å². The minimum absolute atomic E-state index is 0.0232. The van der Waals surface area contributed by atoms with Crippen LogP contribution in [-0.2, 0) is 4.79 Å². The lowest BCUT2D eigenvalue weighted by Gasteiger charge is -2.27. The zero-order valence-corrected chi connectivity index (χ0v) is 11.1. The summed E-state index contributed by atoms with van der Waals surface area (Å²) in [6, 6.07) is 7.84. The minimum Gasteiger partial charge on any atom is -0.495 e. The summed E-state index contributed by atoms with van der Waals surface area (Å²) < 4.78 is 5.38. The molecule has 1 aliphatic heterocycles. The summed E-state index contributed by atoms with van der Waals surface area (Å²) in [4.78, 5) is 13.1. The van der Waals surface area contributed by atoms with E-state index in [1.54, 1.807) is 7.11 Å². The maximum absolute atomic E-state index is 10.9. The van der Waals surface area contributed by atoms with Crippen LogP contribution in [0.3, 0.4) is 0 Å². The molecule has 1 aromatic carbocycles. The normalized spacial score (nSPS) is 19.8. The van der Waals surface area contributed by atoms with Crippen LogP contribution in [0.4, 0.5) is 5.69 Å². The Labute approximate surface area is 113 Å². The highest BCUT2D eigenvalue weighted by Crippen LogP contribution is 2.28. The summed E-state index contributed by atoms with van der Waals surface area (Å²) in [5.74, 6) is 0.0675. The molecule has 1 aromatic rings. The molecule has 0 aromatic heterocycles. The number of ether oxygens (including phenoxy) is 1. The van der Waals surface area contributed by atoms with Crippen molar-refractivity contribution < 1.29 is 14.6 Å². The summed E-state index contributed by atoms with van der Waals surface area (Å²) in [7, 11) is 1.66. The fraction of sp³-hybridized carbons (Fsp3) is 0.500. The number of nitrogens with one attached hydrogen (secondary N) is 1. The van der Waals surface area contributed by atoms with Crippen molar-refractivity contribution in [2.45, 2.75) is 18.9 Å². The zero-order chi connectivity index (χ0) is 13.7. The van der Waals surface area contributed by atoms with Gasteiger partial charge in [-0.3, -0.25) is 4.79 Å². The summed E-state index contributed by atoms with van der Waals surface area (Å²) in [5.41, 5.74) is 1.03. The largest absolute Gasteiger partial charge is 0.495 e. The van der Waals surface area contributed by atoms with Gasteiger partial charge in [0.1, 0.15) is 5.75 Å². The molecule has 0 spiro atoms. The molecule has 5 heteroatoms. The Bertz CT molecular complexity index is 436. The molecular formula is C14H20N2O3. The van der Waals surface area contributed by atoms with Gasteiger partial charge in [0.25, 0.3) is 0 Å². The topological polar surface area (TPSA) is 61.8 Å². The number of hydrogen-bond acceptors (Lipinski definition) is 4. The third-order valence-corrected chi connectivity index (χ3v) is 3.33. The third kappa shape index (κ3) is 3.61. The highest BCUT2D eigenvalue weighted by atomic mass is 16.5. The molecule has 1 saturated heterocycles. The van der Waals surface area contributed by atoms with Crippen molar-refractivity contribution in [2.75, 3.05) is 31.6 Å². The van der Waals surface area contributed by atoms with E-state index < -0.39 is 5.97 Å². The predicted molar refractivity (Wildman–Crippen MR) is 73.9 cm³/mol. The number of aliphatic carboxylic acids is 1. The predicted octanol–water partition coefficient (Wildman–Crippen LogP) is 1.34. The van der Waals surface area contributed by atoms with E-state index in [-0.39, 0.29) is 12.5 Å². The molecule has 19 heavy (non-hydrogen) atoms. The molecule has 2 N–H and O–H groups in total. The summed E-state index contributed by atoms with van der Waals surface area (Å²) >= 11 is 0. The number of carboxylic acids is 1. The molecule has 1 fully saturated rings. The molecule has 0 bridgehead atoms. The van der Waals surface area contributed by atoms with Gasteiger partial charge >= 0.3 is 5.97 Å². The van der Waals surface area contributed by atoms with Crippen LogP contribution in [0.1, 0.15) is 12.8 Å². The number of nitrogens with zero attached hydrogens (tertiary/aromatic N) is 1. The number of para-hydroxylation sites is 2. The minimum atomic E-state index is -0.764. The van der Waals surface area contributed by atoms with Gasteiger partial charge < -0.3 is 20.1 Å². The second kappa shape index (κ2) is 6.43. The van der Waals surface area contributed by atoms with Gasteiger partial charge in [-0.25, -0.2) is 0 Å². The first kappa shape index (κ1) is 13.7. The second-order valence-electron chi connectivity index (χ2n) is 4.72. The molecule has 1 aliphatic rings. The highest BCUT2D eigenvalue weighted by molar-refractivity contribution is 5.68. The number of methoxy groups -OCH3 is 1. The molecule has 1 heterocycles. The third-order valence-electron chi connectivity index (χ3n) is 3.33. The first-order valence-electron chi connectivity index (χ1n) is 6.54. The number of benzene rings is 1. The molecule has 0 saturated carbocycles. The molecule has 0 aliphatic carbocycles. The Morgan fingerprint density at radius 3 is 3.05 bits per heavy atom. The molecular weight excluding hydrogens is 244 g/mol. The number of carbonyl (C=O) groups is 1. The Kier molecular flexibility index (Phi) is 4.63. The molecule has 0 radical (unpaired) electrons. The quantitative estimate of drug-likeness (QED) is 0.859. The van der Waals surface area contributed by atoms with Crippen LogP contribution in [0, 0.1) is 0 Å². The Morgan fingerprint density at radius 2 is 2.32 bits per heavy atom. The van der Waals surface area contributed by atoms with Crippen molar-refractivity contribution in [2.24, 2.45) is 0 Å². The second-order valence-corrected chi connectivity index (χ2v) is 4.72. The number of anilines is 1. The first-order chi connectivity index (χ1) is 9.20. The van der Waals surface area contributed by atoms with Gasteiger partial charge in [0.15, 0.2) is 0 Å². The summed E-state index contributed by atoms with van der Waals surface area (Å²) in [6.45, 7) is 2.44. The SMILES string of the molecule is COc1ccccc1N1CCCNC(CC(=O)O)C1. The van der Waals surface area contributed by atoms with Crippen molar-refractivity contribution in [1.29, 1.82) is 0 Å². The van der Waals surface area contributed by atoms with Crippen molar-refractivity contribution in [3.8, 4) is 5.75 Å². The number of carboxylic acid groups (broad SMARTS) is 1. The van der Waals surface area contributed by atoms with Gasteiger partial charge in [0, 0.05) is 19.1 Å². The summed E-state index contributed by atoms with van der Waals surface area (Å²) in [5, 5.41) is 12.2. The van der Waals surface area contributed by atoms with Crippen LogP contribution in [-0.4, -0.2) is 43.9 Å². The Morgan fingerprint density at radius 1 is 1.53 bits per heavy atom. The fourth-order valence-electron chi connectivity index (χ4n) is 2.46. The van der Waals surface area contributed by atoms with Crippen LogP contribution >= 0.6 is 0 Å². The highest BCUT2D eigenvalue weighted by Gasteiger charge is 2.21. The van der Waals surface area contributed by atoms with Crippen molar-refractivity contribution >= 4 is 11.7 Å². The van der Waals surface area contributed by atoms with E-state index in [1.165, 1.54) is 0 Å². The molecule has 2 rings (SSSR count). The zero-order valence-electron chi connectivity index (χ0n) is 11.1. The van der Waals surface area contributed by atoms with E-state index >= 15 is 0 Å². The standard InChI is InChI=1S/C14H20N2O3/c1-19-13-6-3-2-5-12(13)16-8-4-7-15-11(10-16)9-14(17)18/h2-3,5-6,11,15H,4,7-10H2,1H3,(H,17,18). The van der Waals surface area contributed by atoms with Crippen LogP contribution in [0.25, 0.3) is 0 Å². The first-order valence-corrected chi connectivity index (χ1v) is 6.54. The van der Waals surface area contributed by atoms with E-state index in [1.807, 2.05) is 24.3 Å². The molecule has 0 amide bonds. The number of hydrogen-bond donors (Lipinski definition) is 2. The smallest absolute Gasteiger partial charge is 0.304 e. The van der Waals surface area contributed by atoms with E-state index in [0.717, 1.165) is 30.9 Å². The van der Waals surface area contributed by atoms with Crippen LogP contribution < -0.4 is 15.0 Å². The van der Waals surface area contributed by atoms with Crippen molar-refractivity contribution in [3.05, 3.63) is 24.3 Å². The van der Waals surface area contributed by atoms with Gasteiger partial charge in [0.05, 0.1) is 19.2 Å². The molecule has 5 nitrogen and oxygen atoms in total. The lowest BCUT2D eigenvalue weighted by Crippen LogP contribution is -2.39. The van der Waals surface area contributed by atoms with E-state index in [9.17, 15) is 4.79 Å². The van der Waals surface area contributed by atoms with E-state index in [0.29, 0.717) is 6.54 Å². The van der Waals surface area contributed by atoms with Crippen molar-refractivity contribution in [3.63, 3.8) is 0 Å². The van der Waals surface area contributed by atoms with Crippen LogP contribution in [0.2, 0.25) is 0 Å². The van der Waals surface area contributed by atoms with Gasteiger partial charge in [-0.1, -0.05) is 12.1 Å². The van der Waals surface area contributed by atoms with E-state index in [2.05, 4.69) is 10.2 Å². The Hall–Kier alpha value is -1.75. The monoisotopic (exact) mass is 264 g/mol. The lowest BCUT2D eigenvalue weighted by atomic mass is 10.2. The van der Waals surface area contributed by atoms with Crippen LogP contribution in [0.5, 0.6) is 5.75 Å². The number of rotatable bonds is 4. The van der Waals surface area contributed by atoms with Crippen molar-refractivity contribution in [1.82, 2.24) is 5.32 Å². The van der Waals surface area contributed by atoms with Gasteiger partial charge in [0.2, 0.25) is 0 Å². The molecule has 104 valence electrons. The molecule has 1 atom stereocenters. The van der Waals surface area contributed by atoms with Crippen LogP contribution in [0.15, 0.2) is 24.3 Å².